The fourth-order valence-electron chi connectivity index (χ4n) is 1.90. The van der Waals surface area contributed by atoms with Crippen LogP contribution in [0.4, 0.5) is 0 Å². The van der Waals surface area contributed by atoms with Crippen molar-refractivity contribution in [2.24, 2.45) is 5.92 Å². The highest BCUT2D eigenvalue weighted by Gasteiger charge is 2.18. The van der Waals surface area contributed by atoms with Gasteiger partial charge in [-0.3, -0.25) is 0 Å². The molecule has 0 radical (unpaired) electrons. The second-order valence-corrected chi connectivity index (χ2v) is 6.28. The molecule has 1 aliphatic heterocycles. The third-order valence-electron chi connectivity index (χ3n) is 3.14. The van der Waals surface area contributed by atoms with Crippen LogP contribution in [-0.4, -0.2) is 36.8 Å². The molecule has 1 fully saturated rings. The van der Waals surface area contributed by atoms with E-state index >= 15 is 0 Å². The van der Waals surface area contributed by atoms with E-state index in [1.807, 2.05) is 0 Å². The van der Waals surface area contributed by atoms with Crippen LogP contribution in [0.25, 0.3) is 0 Å². The van der Waals surface area contributed by atoms with Gasteiger partial charge in [-0.25, -0.2) is 0 Å². The van der Waals surface area contributed by atoms with Crippen molar-refractivity contribution in [3.05, 3.63) is 0 Å². The first kappa shape index (κ1) is 14.3. The summed E-state index contributed by atoms with van der Waals surface area (Å²) in [4.78, 5) is 0. The molecule has 16 heavy (non-hydrogen) atoms. The van der Waals surface area contributed by atoms with Gasteiger partial charge in [-0.2, -0.15) is 11.8 Å². The molecule has 1 unspecified atom stereocenters. The van der Waals surface area contributed by atoms with E-state index in [0.29, 0.717) is 6.04 Å². The lowest BCUT2D eigenvalue weighted by Crippen LogP contribution is -2.37. The predicted octanol–water partition coefficient (Wildman–Crippen LogP) is 2.92. The Morgan fingerprint density at radius 3 is 2.56 bits per heavy atom. The monoisotopic (exact) mass is 245 g/mol. The summed E-state index contributed by atoms with van der Waals surface area (Å²) in [6, 6.07) is 0.674. The number of ether oxygens (including phenoxy) is 1. The van der Waals surface area contributed by atoms with Crippen LogP contribution in [0.2, 0.25) is 0 Å². The molecule has 1 rings (SSSR count). The average molecular weight is 245 g/mol. The second-order valence-electron chi connectivity index (χ2n) is 4.95. The van der Waals surface area contributed by atoms with Gasteiger partial charge in [-0.15, -0.1) is 0 Å². The van der Waals surface area contributed by atoms with Gasteiger partial charge >= 0.3 is 0 Å². The number of thioether (sulfide) groups is 1. The summed E-state index contributed by atoms with van der Waals surface area (Å²) in [5.41, 5.74) is 0. The molecule has 1 N–H and O–H groups in total. The van der Waals surface area contributed by atoms with Crippen molar-refractivity contribution >= 4 is 11.8 Å². The van der Waals surface area contributed by atoms with Crippen LogP contribution in [-0.2, 0) is 4.74 Å². The molecule has 0 aliphatic carbocycles. The van der Waals surface area contributed by atoms with Crippen LogP contribution in [0, 0.1) is 5.92 Å². The molecule has 0 aromatic carbocycles. The van der Waals surface area contributed by atoms with Gasteiger partial charge < -0.3 is 10.1 Å². The largest absolute Gasteiger partial charge is 0.381 e. The van der Waals surface area contributed by atoms with Crippen LogP contribution in [0.5, 0.6) is 0 Å². The Kier molecular flexibility index (Phi) is 7.50. The fourth-order valence-corrected chi connectivity index (χ4v) is 3.41. The SMILES string of the molecule is CCCNC(CSC1CCOCC1)C(C)C. The lowest BCUT2D eigenvalue weighted by Gasteiger charge is -2.26. The van der Waals surface area contributed by atoms with Gasteiger partial charge in [0.25, 0.3) is 0 Å². The van der Waals surface area contributed by atoms with E-state index in [2.05, 4.69) is 37.8 Å². The fraction of sp³-hybridized carbons (Fsp3) is 1.00. The zero-order valence-electron chi connectivity index (χ0n) is 11.0. The summed E-state index contributed by atoms with van der Waals surface area (Å²) in [5, 5.41) is 4.49. The molecule has 0 bridgehead atoms. The standard InChI is InChI=1S/C13H27NOS/c1-4-7-14-13(11(2)3)10-16-12-5-8-15-9-6-12/h11-14H,4-10H2,1-3H3. The highest BCUT2D eigenvalue weighted by molar-refractivity contribution is 7.99. The van der Waals surface area contributed by atoms with E-state index in [4.69, 9.17) is 4.74 Å². The summed E-state index contributed by atoms with van der Waals surface area (Å²) >= 11 is 2.14. The summed E-state index contributed by atoms with van der Waals surface area (Å²) in [5.74, 6) is 1.99. The van der Waals surface area contributed by atoms with Crippen molar-refractivity contribution in [2.75, 3.05) is 25.5 Å². The van der Waals surface area contributed by atoms with E-state index in [-0.39, 0.29) is 0 Å². The van der Waals surface area contributed by atoms with Crippen molar-refractivity contribution in [1.29, 1.82) is 0 Å². The summed E-state index contributed by atoms with van der Waals surface area (Å²) in [6.45, 7) is 9.95. The minimum Gasteiger partial charge on any atom is -0.381 e. The molecule has 2 nitrogen and oxygen atoms in total. The third kappa shape index (κ3) is 5.55. The molecule has 3 heteroatoms. The van der Waals surface area contributed by atoms with Crippen LogP contribution in [0.3, 0.4) is 0 Å². The number of nitrogens with one attached hydrogen (secondary N) is 1. The van der Waals surface area contributed by atoms with E-state index in [1.165, 1.54) is 25.0 Å². The van der Waals surface area contributed by atoms with Crippen LogP contribution in [0.1, 0.15) is 40.0 Å². The minimum atomic E-state index is 0.674. The first-order valence-corrected chi connectivity index (χ1v) is 7.71. The van der Waals surface area contributed by atoms with E-state index in [9.17, 15) is 0 Å². The molecule has 1 heterocycles. The molecule has 0 spiro atoms. The van der Waals surface area contributed by atoms with Crippen LogP contribution < -0.4 is 5.32 Å². The van der Waals surface area contributed by atoms with E-state index in [0.717, 1.165) is 30.9 Å². The molecule has 1 saturated heterocycles. The van der Waals surface area contributed by atoms with Gasteiger partial charge in [0.1, 0.15) is 0 Å². The first-order valence-electron chi connectivity index (χ1n) is 6.66. The maximum absolute atomic E-state index is 5.39. The molecule has 0 amide bonds. The molecule has 0 aromatic rings. The van der Waals surface area contributed by atoms with Crippen molar-refractivity contribution in [3.63, 3.8) is 0 Å². The smallest absolute Gasteiger partial charge is 0.0476 e. The Labute approximate surface area is 105 Å². The van der Waals surface area contributed by atoms with Gasteiger partial charge in [0.15, 0.2) is 0 Å². The highest BCUT2D eigenvalue weighted by atomic mass is 32.2. The van der Waals surface area contributed by atoms with E-state index < -0.39 is 0 Å². The average Bonchev–Trinajstić information content (AvgIpc) is 2.30. The van der Waals surface area contributed by atoms with Crippen molar-refractivity contribution in [3.8, 4) is 0 Å². The van der Waals surface area contributed by atoms with Gasteiger partial charge in [0.05, 0.1) is 0 Å². The van der Waals surface area contributed by atoms with Gasteiger partial charge in [-0.1, -0.05) is 20.8 Å². The molecule has 1 atom stereocenters. The second kappa shape index (κ2) is 8.37. The van der Waals surface area contributed by atoms with Crippen molar-refractivity contribution < 1.29 is 4.74 Å². The lowest BCUT2D eigenvalue weighted by molar-refractivity contribution is 0.1000. The first-order chi connectivity index (χ1) is 7.74. The Bertz CT molecular complexity index is 169. The lowest BCUT2D eigenvalue weighted by atomic mass is 10.1. The molecular formula is C13H27NOS. The maximum Gasteiger partial charge on any atom is 0.0476 e. The maximum atomic E-state index is 5.39. The molecule has 1 aliphatic rings. The van der Waals surface area contributed by atoms with Gasteiger partial charge in [-0.05, 0) is 31.7 Å². The van der Waals surface area contributed by atoms with Gasteiger partial charge in [0.2, 0.25) is 0 Å². The minimum absolute atomic E-state index is 0.674. The number of hydrogen-bond donors (Lipinski definition) is 1. The quantitative estimate of drug-likeness (QED) is 0.745. The predicted molar refractivity (Wildman–Crippen MR) is 73.2 cm³/mol. The van der Waals surface area contributed by atoms with Crippen molar-refractivity contribution in [2.45, 2.75) is 51.3 Å². The summed E-state index contributed by atoms with van der Waals surface area (Å²) in [7, 11) is 0. The summed E-state index contributed by atoms with van der Waals surface area (Å²) in [6.07, 6.45) is 3.71. The molecular weight excluding hydrogens is 218 g/mol. The van der Waals surface area contributed by atoms with Crippen molar-refractivity contribution in [1.82, 2.24) is 5.32 Å². The van der Waals surface area contributed by atoms with Gasteiger partial charge in [0, 0.05) is 30.3 Å². The zero-order chi connectivity index (χ0) is 11.8. The zero-order valence-corrected chi connectivity index (χ0v) is 11.8. The Balaban J connectivity index is 2.19. The molecule has 0 aromatic heterocycles. The topological polar surface area (TPSA) is 21.3 Å². The van der Waals surface area contributed by atoms with Crippen LogP contribution >= 0.6 is 11.8 Å². The highest BCUT2D eigenvalue weighted by Crippen LogP contribution is 2.23. The third-order valence-corrected chi connectivity index (χ3v) is 4.64. The number of rotatable bonds is 7. The summed E-state index contributed by atoms with van der Waals surface area (Å²) < 4.78 is 5.39. The molecule has 96 valence electrons. The number of hydrogen-bond acceptors (Lipinski definition) is 3. The Morgan fingerprint density at radius 1 is 1.31 bits per heavy atom. The molecule has 0 saturated carbocycles. The van der Waals surface area contributed by atoms with E-state index in [1.54, 1.807) is 0 Å². The van der Waals surface area contributed by atoms with Crippen LogP contribution in [0.15, 0.2) is 0 Å². The normalized spacial score (nSPS) is 20.2. The Morgan fingerprint density at radius 2 is 2.00 bits per heavy atom. The Hall–Kier alpha value is 0.270.